The summed E-state index contributed by atoms with van der Waals surface area (Å²) < 4.78 is 37.6. The Morgan fingerprint density at radius 3 is 2.71 bits per heavy atom. The van der Waals surface area contributed by atoms with Crippen molar-refractivity contribution < 1.29 is 18.3 Å². The van der Waals surface area contributed by atoms with Crippen LogP contribution in [0.2, 0.25) is 0 Å². The van der Waals surface area contributed by atoms with Crippen LogP contribution in [0.4, 0.5) is 8.78 Å². The van der Waals surface area contributed by atoms with E-state index in [9.17, 15) is 8.78 Å². The zero-order valence-electron chi connectivity index (χ0n) is 11.3. The summed E-state index contributed by atoms with van der Waals surface area (Å²) in [7, 11) is 0. The highest BCUT2D eigenvalue weighted by atomic mass is 19.1. The number of hydrogen-bond donors (Lipinski definition) is 1. The Morgan fingerprint density at radius 1 is 1.14 bits per heavy atom. The van der Waals surface area contributed by atoms with Gasteiger partial charge in [-0.1, -0.05) is 0 Å². The van der Waals surface area contributed by atoms with Crippen molar-refractivity contribution in [2.24, 2.45) is 5.73 Å². The predicted molar refractivity (Wildman–Crippen MR) is 74.3 cm³/mol. The molecule has 2 aromatic rings. The van der Waals surface area contributed by atoms with E-state index < -0.39 is 0 Å². The molecule has 2 aromatic carbocycles. The lowest BCUT2D eigenvalue weighted by Crippen LogP contribution is -2.22. The molecule has 0 bridgehead atoms. The summed E-state index contributed by atoms with van der Waals surface area (Å²) in [5.74, 6) is 0.610. The number of hydrogen-bond acceptors (Lipinski definition) is 3. The van der Waals surface area contributed by atoms with Crippen molar-refractivity contribution in [1.29, 1.82) is 0 Å². The average Bonchev–Trinajstić information content (AvgIpc) is 2.87. The molecular formula is C16H15F2NO2. The van der Waals surface area contributed by atoms with Gasteiger partial charge in [0.2, 0.25) is 0 Å². The summed E-state index contributed by atoms with van der Waals surface area (Å²) in [6, 6.07) is 8.70. The molecule has 3 rings (SSSR count). The van der Waals surface area contributed by atoms with Gasteiger partial charge in [-0.25, -0.2) is 8.78 Å². The second-order valence-electron chi connectivity index (χ2n) is 4.96. The molecule has 0 aliphatic carbocycles. The van der Waals surface area contributed by atoms with Crippen molar-refractivity contribution in [3.8, 4) is 11.5 Å². The first-order valence-electron chi connectivity index (χ1n) is 6.72. The first-order valence-corrected chi connectivity index (χ1v) is 6.72. The normalized spacial score (nSPS) is 16.4. The standard InChI is InChI=1S/C16H15F2NO2/c17-12-2-4-16-10(5-12)7-14(21-16)9-20-15-3-1-13(18)6-11(15)8-19/h1-6,14H,7-9,19H2. The van der Waals surface area contributed by atoms with E-state index in [1.165, 1.54) is 24.3 Å². The summed E-state index contributed by atoms with van der Waals surface area (Å²) >= 11 is 0. The van der Waals surface area contributed by atoms with Crippen molar-refractivity contribution in [1.82, 2.24) is 0 Å². The molecule has 0 spiro atoms. The van der Waals surface area contributed by atoms with E-state index in [4.69, 9.17) is 15.2 Å². The van der Waals surface area contributed by atoms with Crippen LogP contribution >= 0.6 is 0 Å². The fraction of sp³-hybridized carbons (Fsp3) is 0.250. The van der Waals surface area contributed by atoms with E-state index >= 15 is 0 Å². The van der Waals surface area contributed by atoms with E-state index in [1.807, 2.05) is 0 Å². The SMILES string of the molecule is NCc1cc(F)ccc1OCC1Cc2cc(F)ccc2O1. The Kier molecular flexibility index (Phi) is 3.75. The van der Waals surface area contributed by atoms with Gasteiger partial charge >= 0.3 is 0 Å². The zero-order valence-corrected chi connectivity index (χ0v) is 11.3. The van der Waals surface area contributed by atoms with Crippen LogP contribution < -0.4 is 15.2 Å². The Bertz CT molecular complexity index is 661. The Hall–Kier alpha value is -2.14. The molecule has 1 unspecified atom stereocenters. The highest BCUT2D eigenvalue weighted by Crippen LogP contribution is 2.30. The van der Waals surface area contributed by atoms with Crippen LogP contribution in [0.15, 0.2) is 36.4 Å². The van der Waals surface area contributed by atoms with E-state index in [1.54, 1.807) is 12.1 Å². The van der Waals surface area contributed by atoms with Crippen LogP contribution in [-0.2, 0) is 13.0 Å². The second kappa shape index (κ2) is 5.69. The molecule has 1 heterocycles. The molecule has 3 nitrogen and oxygen atoms in total. The zero-order chi connectivity index (χ0) is 14.8. The fourth-order valence-electron chi connectivity index (χ4n) is 2.41. The van der Waals surface area contributed by atoms with Crippen molar-refractivity contribution in [2.75, 3.05) is 6.61 Å². The topological polar surface area (TPSA) is 44.5 Å². The lowest BCUT2D eigenvalue weighted by atomic mass is 10.1. The lowest BCUT2D eigenvalue weighted by molar-refractivity contribution is 0.147. The minimum absolute atomic E-state index is 0.183. The molecule has 21 heavy (non-hydrogen) atoms. The van der Waals surface area contributed by atoms with Crippen molar-refractivity contribution >= 4 is 0 Å². The van der Waals surface area contributed by atoms with E-state index in [-0.39, 0.29) is 24.3 Å². The summed E-state index contributed by atoms with van der Waals surface area (Å²) in [6.07, 6.45) is 0.407. The van der Waals surface area contributed by atoms with Crippen LogP contribution in [0.5, 0.6) is 11.5 Å². The second-order valence-corrected chi connectivity index (χ2v) is 4.96. The quantitative estimate of drug-likeness (QED) is 0.942. The maximum absolute atomic E-state index is 13.1. The monoisotopic (exact) mass is 291 g/mol. The molecule has 0 fully saturated rings. The minimum Gasteiger partial charge on any atom is -0.489 e. The third-order valence-corrected chi connectivity index (χ3v) is 3.43. The predicted octanol–water partition coefficient (Wildman–Crippen LogP) is 2.81. The summed E-state index contributed by atoms with van der Waals surface area (Å²) in [5.41, 5.74) is 7.01. The van der Waals surface area contributed by atoms with E-state index in [0.29, 0.717) is 30.1 Å². The van der Waals surface area contributed by atoms with Crippen LogP contribution in [0.25, 0.3) is 0 Å². The maximum Gasteiger partial charge on any atom is 0.137 e. The Morgan fingerprint density at radius 2 is 1.90 bits per heavy atom. The molecule has 110 valence electrons. The number of nitrogens with two attached hydrogens (primary N) is 1. The molecule has 5 heteroatoms. The van der Waals surface area contributed by atoms with E-state index in [2.05, 4.69) is 0 Å². The van der Waals surface area contributed by atoms with Crippen molar-refractivity contribution in [3.05, 3.63) is 59.2 Å². The van der Waals surface area contributed by atoms with Gasteiger partial charge in [0.1, 0.15) is 35.8 Å². The first-order chi connectivity index (χ1) is 10.2. The van der Waals surface area contributed by atoms with Crippen LogP contribution in [-0.4, -0.2) is 12.7 Å². The van der Waals surface area contributed by atoms with Gasteiger partial charge in [-0.05, 0) is 36.4 Å². The van der Waals surface area contributed by atoms with Gasteiger partial charge in [-0.15, -0.1) is 0 Å². The van der Waals surface area contributed by atoms with Crippen molar-refractivity contribution in [3.63, 3.8) is 0 Å². The third kappa shape index (κ3) is 2.97. The smallest absolute Gasteiger partial charge is 0.137 e. The molecule has 0 saturated heterocycles. The molecular weight excluding hydrogens is 276 g/mol. The number of ether oxygens (including phenoxy) is 2. The number of benzene rings is 2. The van der Waals surface area contributed by atoms with Crippen molar-refractivity contribution in [2.45, 2.75) is 19.1 Å². The highest BCUT2D eigenvalue weighted by molar-refractivity contribution is 5.38. The molecule has 2 N–H and O–H groups in total. The van der Waals surface area contributed by atoms with Crippen LogP contribution in [0.3, 0.4) is 0 Å². The van der Waals surface area contributed by atoms with Gasteiger partial charge < -0.3 is 15.2 Å². The molecule has 0 radical (unpaired) electrons. The lowest BCUT2D eigenvalue weighted by Gasteiger charge is -2.14. The van der Waals surface area contributed by atoms with Gasteiger partial charge in [0.25, 0.3) is 0 Å². The summed E-state index contributed by atoms with van der Waals surface area (Å²) in [5, 5.41) is 0. The molecule has 0 aromatic heterocycles. The third-order valence-electron chi connectivity index (χ3n) is 3.43. The number of halogens is 2. The molecule has 1 atom stereocenters. The average molecular weight is 291 g/mol. The number of rotatable bonds is 4. The largest absolute Gasteiger partial charge is 0.489 e. The minimum atomic E-state index is -0.345. The summed E-state index contributed by atoms with van der Waals surface area (Å²) in [4.78, 5) is 0. The van der Waals surface area contributed by atoms with E-state index in [0.717, 1.165) is 5.56 Å². The van der Waals surface area contributed by atoms with Gasteiger partial charge in [0, 0.05) is 24.1 Å². The Labute approximate surface area is 121 Å². The first kappa shape index (κ1) is 13.8. The maximum atomic E-state index is 13.1. The highest BCUT2D eigenvalue weighted by Gasteiger charge is 2.24. The molecule has 0 amide bonds. The van der Waals surface area contributed by atoms with Gasteiger partial charge in [-0.2, -0.15) is 0 Å². The molecule has 1 aliphatic rings. The van der Waals surface area contributed by atoms with Gasteiger partial charge in [0.15, 0.2) is 0 Å². The molecule has 1 aliphatic heterocycles. The number of fused-ring (bicyclic) bond motifs is 1. The fourth-order valence-corrected chi connectivity index (χ4v) is 2.41. The van der Waals surface area contributed by atoms with Crippen LogP contribution in [0, 0.1) is 11.6 Å². The van der Waals surface area contributed by atoms with Gasteiger partial charge in [-0.3, -0.25) is 0 Å². The van der Waals surface area contributed by atoms with Crippen LogP contribution in [0.1, 0.15) is 11.1 Å². The molecule has 0 saturated carbocycles. The Balaban J connectivity index is 1.65. The summed E-state index contributed by atoms with van der Waals surface area (Å²) in [6.45, 7) is 0.499. The van der Waals surface area contributed by atoms with Gasteiger partial charge in [0.05, 0.1) is 0 Å².